The van der Waals surface area contributed by atoms with Crippen LogP contribution in [0.2, 0.25) is 0 Å². The molecule has 4 rings (SSSR count). The van der Waals surface area contributed by atoms with E-state index in [4.69, 9.17) is 0 Å². The topological polar surface area (TPSA) is 60.9 Å². The van der Waals surface area contributed by atoms with Crippen LogP contribution in [0.15, 0.2) is 94.3 Å². The monoisotopic (exact) mass is 581 g/mol. The lowest BCUT2D eigenvalue weighted by Gasteiger charge is -2.35. The molecule has 0 radical (unpaired) electrons. The van der Waals surface area contributed by atoms with Gasteiger partial charge in [-0.3, -0.25) is 9.69 Å². The Hall–Kier alpha value is -2.78. The van der Waals surface area contributed by atoms with E-state index in [0.717, 1.165) is 40.8 Å². The second-order valence-electron chi connectivity index (χ2n) is 9.21. The molecule has 0 bridgehead atoms. The molecule has 1 heterocycles. The first-order valence-electron chi connectivity index (χ1n) is 12.3. The molecular weight excluding hydrogens is 550 g/mol. The molecular formula is C29H32BrN3O3S. The molecule has 8 heteroatoms. The maximum atomic E-state index is 13.6. The molecule has 1 aliphatic rings. The molecule has 1 aliphatic heterocycles. The van der Waals surface area contributed by atoms with Crippen molar-refractivity contribution in [2.24, 2.45) is 0 Å². The van der Waals surface area contributed by atoms with Gasteiger partial charge in [0.1, 0.15) is 0 Å². The highest BCUT2D eigenvalue weighted by Gasteiger charge is 2.30. The summed E-state index contributed by atoms with van der Waals surface area (Å²) in [5.41, 5.74) is 2.96. The SMILES string of the molecule is Cc1ccc(S(=O)(=O)N(CC(=O)N2CCN(C/C=C/c3ccccc3)CC2)Cc2ccc(Br)cc2)cc1. The van der Waals surface area contributed by atoms with E-state index >= 15 is 0 Å². The third kappa shape index (κ3) is 7.61. The van der Waals surface area contributed by atoms with Crippen molar-refractivity contribution in [3.8, 4) is 0 Å². The van der Waals surface area contributed by atoms with Gasteiger partial charge in [-0.2, -0.15) is 4.31 Å². The first-order valence-corrected chi connectivity index (χ1v) is 14.6. The Morgan fingerprint density at radius 2 is 1.57 bits per heavy atom. The Morgan fingerprint density at radius 1 is 0.919 bits per heavy atom. The lowest BCUT2D eigenvalue weighted by atomic mass is 10.2. The van der Waals surface area contributed by atoms with Crippen molar-refractivity contribution >= 4 is 37.9 Å². The van der Waals surface area contributed by atoms with Crippen LogP contribution in [0.3, 0.4) is 0 Å². The van der Waals surface area contributed by atoms with Gasteiger partial charge in [0, 0.05) is 43.7 Å². The summed E-state index contributed by atoms with van der Waals surface area (Å²) in [5, 5.41) is 0. The van der Waals surface area contributed by atoms with Crippen molar-refractivity contribution in [2.45, 2.75) is 18.4 Å². The van der Waals surface area contributed by atoms with E-state index in [-0.39, 0.29) is 23.9 Å². The second kappa shape index (κ2) is 12.6. The van der Waals surface area contributed by atoms with Gasteiger partial charge < -0.3 is 4.90 Å². The zero-order valence-corrected chi connectivity index (χ0v) is 23.4. The van der Waals surface area contributed by atoms with E-state index in [1.165, 1.54) is 4.31 Å². The fourth-order valence-corrected chi connectivity index (χ4v) is 5.85. The summed E-state index contributed by atoms with van der Waals surface area (Å²) in [5.74, 6) is -0.174. The zero-order valence-electron chi connectivity index (χ0n) is 21.0. The molecule has 1 saturated heterocycles. The molecule has 0 atom stereocenters. The average molecular weight is 583 g/mol. The summed E-state index contributed by atoms with van der Waals surface area (Å²) >= 11 is 3.42. The summed E-state index contributed by atoms with van der Waals surface area (Å²) in [7, 11) is -3.85. The van der Waals surface area contributed by atoms with Crippen LogP contribution in [-0.4, -0.2) is 67.7 Å². The number of nitrogens with zero attached hydrogens (tertiary/aromatic N) is 3. The smallest absolute Gasteiger partial charge is 0.243 e. The molecule has 3 aromatic rings. The number of benzene rings is 3. The summed E-state index contributed by atoms with van der Waals surface area (Å²) in [4.78, 5) is 17.5. The average Bonchev–Trinajstić information content (AvgIpc) is 2.91. The quantitative estimate of drug-likeness (QED) is 0.364. The fourth-order valence-electron chi connectivity index (χ4n) is 4.21. The lowest BCUT2D eigenvalue weighted by Crippen LogP contribution is -2.51. The van der Waals surface area contributed by atoms with Crippen molar-refractivity contribution in [3.63, 3.8) is 0 Å². The highest BCUT2D eigenvalue weighted by molar-refractivity contribution is 9.10. The van der Waals surface area contributed by atoms with Gasteiger partial charge in [0.05, 0.1) is 11.4 Å². The maximum absolute atomic E-state index is 13.6. The molecule has 6 nitrogen and oxygen atoms in total. The van der Waals surface area contributed by atoms with Crippen LogP contribution in [0.4, 0.5) is 0 Å². The van der Waals surface area contributed by atoms with Crippen LogP contribution >= 0.6 is 15.9 Å². The van der Waals surface area contributed by atoms with Crippen LogP contribution in [0.25, 0.3) is 6.08 Å². The number of hydrogen-bond acceptors (Lipinski definition) is 4. The largest absolute Gasteiger partial charge is 0.339 e. The van der Waals surface area contributed by atoms with Crippen molar-refractivity contribution in [1.82, 2.24) is 14.1 Å². The highest BCUT2D eigenvalue weighted by Crippen LogP contribution is 2.21. The van der Waals surface area contributed by atoms with Crippen molar-refractivity contribution < 1.29 is 13.2 Å². The normalized spacial score (nSPS) is 14.9. The Morgan fingerprint density at radius 3 is 2.22 bits per heavy atom. The minimum absolute atomic E-state index is 0.124. The minimum Gasteiger partial charge on any atom is -0.339 e. The second-order valence-corrected chi connectivity index (χ2v) is 12.1. The van der Waals surface area contributed by atoms with E-state index in [1.54, 1.807) is 29.2 Å². The molecule has 0 saturated carbocycles. The van der Waals surface area contributed by atoms with Gasteiger partial charge >= 0.3 is 0 Å². The van der Waals surface area contributed by atoms with E-state index in [9.17, 15) is 13.2 Å². The predicted molar refractivity (Wildman–Crippen MR) is 151 cm³/mol. The number of sulfonamides is 1. The highest BCUT2D eigenvalue weighted by atomic mass is 79.9. The van der Waals surface area contributed by atoms with E-state index in [2.05, 4.69) is 45.1 Å². The van der Waals surface area contributed by atoms with Crippen LogP contribution in [0, 0.1) is 6.92 Å². The summed E-state index contributed by atoms with van der Waals surface area (Å²) in [6, 6.07) is 24.4. The van der Waals surface area contributed by atoms with Crippen molar-refractivity contribution in [2.75, 3.05) is 39.3 Å². The number of halogens is 1. The third-order valence-corrected chi connectivity index (χ3v) is 8.78. The van der Waals surface area contributed by atoms with Crippen LogP contribution in [0.5, 0.6) is 0 Å². The summed E-state index contributed by atoms with van der Waals surface area (Å²) < 4.78 is 29.3. The minimum atomic E-state index is -3.85. The standard InChI is InChI=1S/C29H32BrN3O3S/c1-24-9-15-28(16-10-24)37(35,36)33(22-26-11-13-27(30)14-12-26)23-29(34)32-20-18-31(19-21-32)17-5-8-25-6-3-2-4-7-25/h2-16H,17-23H2,1H3/b8-5+. The molecule has 0 N–H and O–H groups in total. The van der Waals surface area contributed by atoms with Crippen LogP contribution in [0.1, 0.15) is 16.7 Å². The Kier molecular flexibility index (Phi) is 9.32. The number of rotatable bonds is 9. The molecule has 3 aromatic carbocycles. The number of aryl methyl sites for hydroxylation is 1. The molecule has 37 heavy (non-hydrogen) atoms. The van der Waals surface area contributed by atoms with Gasteiger partial charge in [-0.15, -0.1) is 0 Å². The number of hydrogen-bond donors (Lipinski definition) is 0. The molecule has 194 valence electrons. The van der Waals surface area contributed by atoms with Gasteiger partial charge in [0.2, 0.25) is 15.9 Å². The molecule has 1 amide bonds. The van der Waals surface area contributed by atoms with Gasteiger partial charge in [0.25, 0.3) is 0 Å². The van der Waals surface area contributed by atoms with E-state index in [1.807, 2.05) is 49.4 Å². The summed E-state index contributed by atoms with van der Waals surface area (Å²) in [6.45, 7) is 5.32. The number of carbonyl (C=O) groups excluding carboxylic acids is 1. The van der Waals surface area contributed by atoms with Gasteiger partial charge in [-0.1, -0.05) is 88.2 Å². The van der Waals surface area contributed by atoms with Gasteiger partial charge in [-0.25, -0.2) is 8.42 Å². The van der Waals surface area contributed by atoms with Crippen molar-refractivity contribution in [1.29, 1.82) is 0 Å². The fraction of sp³-hybridized carbons (Fsp3) is 0.276. The lowest BCUT2D eigenvalue weighted by molar-refractivity contribution is -0.133. The maximum Gasteiger partial charge on any atom is 0.243 e. The van der Waals surface area contributed by atoms with E-state index in [0.29, 0.717) is 13.1 Å². The molecule has 0 spiro atoms. The zero-order chi connectivity index (χ0) is 26.3. The first-order chi connectivity index (χ1) is 17.8. The van der Waals surface area contributed by atoms with Gasteiger partial charge in [0.15, 0.2) is 0 Å². The van der Waals surface area contributed by atoms with E-state index < -0.39 is 10.0 Å². The van der Waals surface area contributed by atoms with Crippen molar-refractivity contribution in [3.05, 3.63) is 106 Å². The molecule has 0 unspecified atom stereocenters. The Balaban J connectivity index is 1.40. The van der Waals surface area contributed by atoms with Crippen LogP contribution < -0.4 is 0 Å². The first kappa shape index (κ1) is 27.3. The number of carbonyl (C=O) groups is 1. The van der Waals surface area contributed by atoms with Gasteiger partial charge in [-0.05, 0) is 42.3 Å². The number of piperazine rings is 1. The molecule has 0 aliphatic carbocycles. The number of amides is 1. The third-order valence-electron chi connectivity index (χ3n) is 6.44. The Labute approximate surface area is 228 Å². The Bertz CT molecular complexity index is 1300. The molecule has 0 aromatic heterocycles. The predicted octanol–water partition coefficient (Wildman–Crippen LogP) is 4.81. The summed E-state index contributed by atoms with van der Waals surface area (Å²) in [6.07, 6.45) is 4.24. The van der Waals surface area contributed by atoms with Crippen LogP contribution in [-0.2, 0) is 21.4 Å². The molecule has 1 fully saturated rings.